The van der Waals surface area contributed by atoms with Crippen molar-refractivity contribution in [3.05, 3.63) is 29.8 Å². The lowest BCUT2D eigenvalue weighted by Crippen LogP contribution is -2.32. The van der Waals surface area contributed by atoms with Crippen molar-refractivity contribution in [1.29, 1.82) is 0 Å². The molecule has 4 heteroatoms. The van der Waals surface area contributed by atoms with Gasteiger partial charge in [-0.05, 0) is 31.7 Å². The van der Waals surface area contributed by atoms with Crippen LogP contribution in [0.3, 0.4) is 0 Å². The van der Waals surface area contributed by atoms with Crippen LogP contribution in [-0.2, 0) is 4.74 Å². The molecule has 0 aliphatic carbocycles. The number of hydrogen-bond acceptors (Lipinski definition) is 4. The van der Waals surface area contributed by atoms with Crippen LogP contribution in [-0.4, -0.2) is 50.4 Å². The van der Waals surface area contributed by atoms with E-state index in [1.54, 1.807) is 19.2 Å². The SMILES string of the molecule is COCCN(C)CCNC(C)c1cccc(O)c1. The van der Waals surface area contributed by atoms with E-state index in [0.29, 0.717) is 5.75 Å². The Kier molecular flexibility index (Phi) is 6.72. The van der Waals surface area contributed by atoms with Crippen LogP contribution >= 0.6 is 0 Å². The minimum Gasteiger partial charge on any atom is -0.508 e. The van der Waals surface area contributed by atoms with Crippen LogP contribution in [0, 0.1) is 0 Å². The Morgan fingerprint density at radius 2 is 2.17 bits per heavy atom. The molecule has 0 fully saturated rings. The molecule has 0 aliphatic heterocycles. The van der Waals surface area contributed by atoms with Crippen LogP contribution in [0.1, 0.15) is 18.5 Å². The standard InChI is InChI=1S/C14H24N2O2/c1-12(13-5-4-6-14(17)11-13)15-7-8-16(2)9-10-18-3/h4-6,11-12,15,17H,7-10H2,1-3H3. The number of ether oxygens (including phenoxy) is 1. The Morgan fingerprint density at radius 3 is 2.83 bits per heavy atom. The summed E-state index contributed by atoms with van der Waals surface area (Å²) >= 11 is 0. The van der Waals surface area contributed by atoms with Crippen LogP contribution in [0.25, 0.3) is 0 Å². The van der Waals surface area contributed by atoms with Gasteiger partial charge >= 0.3 is 0 Å². The molecule has 1 aromatic carbocycles. The van der Waals surface area contributed by atoms with Gasteiger partial charge in [0.05, 0.1) is 6.61 Å². The van der Waals surface area contributed by atoms with Gasteiger partial charge in [-0.25, -0.2) is 0 Å². The van der Waals surface area contributed by atoms with Crippen molar-refractivity contribution in [1.82, 2.24) is 10.2 Å². The van der Waals surface area contributed by atoms with Crippen molar-refractivity contribution < 1.29 is 9.84 Å². The molecule has 1 unspecified atom stereocenters. The first kappa shape index (κ1) is 15.0. The van der Waals surface area contributed by atoms with E-state index >= 15 is 0 Å². The van der Waals surface area contributed by atoms with Gasteiger partial charge in [0.25, 0.3) is 0 Å². The minimum atomic E-state index is 0.243. The van der Waals surface area contributed by atoms with Gasteiger partial charge in [0, 0.05) is 32.8 Å². The highest BCUT2D eigenvalue weighted by molar-refractivity contribution is 5.28. The maximum absolute atomic E-state index is 9.42. The zero-order valence-electron chi connectivity index (χ0n) is 11.5. The van der Waals surface area contributed by atoms with Crippen molar-refractivity contribution in [2.75, 3.05) is 40.4 Å². The summed E-state index contributed by atoms with van der Waals surface area (Å²) in [4.78, 5) is 2.23. The fraction of sp³-hybridized carbons (Fsp3) is 0.571. The summed E-state index contributed by atoms with van der Waals surface area (Å²) in [7, 11) is 3.80. The molecule has 1 aromatic rings. The topological polar surface area (TPSA) is 44.7 Å². The molecule has 0 spiro atoms. The molecule has 0 aromatic heterocycles. The van der Waals surface area contributed by atoms with Crippen LogP contribution in [0.2, 0.25) is 0 Å². The summed E-state index contributed by atoms with van der Waals surface area (Å²) in [5.41, 5.74) is 1.11. The largest absolute Gasteiger partial charge is 0.508 e. The van der Waals surface area contributed by atoms with E-state index in [1.165, 1.54) is 0 Å². The van der Waals surface area contributed by atoms with E-state index in [9.17, 15) is 5.11 Å². The third-order valence-corrected chi connectivity index (χ3v) is 2.99. The third-order valence-electron chi connectivity index (χ3n) is 2.99. The molecule has 0 bridgehead atoms. The molecule has 0 heterocycles. The molecule has 0 amide bonds. The summed E-state index contributed by atoms with van der Waals surface area (Å²) in [6.45, 7) is 5.70. The van der Waals surface area contributed by atoms with Crippen molar-refractivity contribution >= 4 is 0 Å². The highest BCUT2D eigenvalue weighted by Crippen LogP contribution is 2.17. The Bertz CT molecular complexity index is 344. The number of rotatable bonds is 8. The number of likely N-dealkylation sites (N-methyl/N-ethyl adjacent to an activating group) is 1. The normalized spacial score (nSPS) is 12.9. The zero-order chi connectivity index (χ0) is 13.4. The lowest BCUT2D eigenvalue weighted by molar-refractivity contribution is 0.161. The van der Waals surface area contributed by atoms with E-state index < -0.39 is 0 Å². The minimum absolute atomic E-state index is 0.243. The summed E-state index contributed by atoms with van der Waals surface area (Å²) in [5.74, 6) is 0.318. The lowest BCUT2D eigenvalue weighted by atomic mass is 10.1. The van der Waals surface area contributed by atoms with Crippen molar-refractivity contribution in [2.24, 2.45) is 0 Å². The Balaban J connectivity index is 2.27. The third kappa shape index (κ3) is 5.49. The molecule has 102 valence electrons. The molecule has 2 N–H and O–H groups in total. The molecule has 1 rings (SSSR count). The number of methoxy groups -OCH3 is 1. The molecule has 18 heavy (non-hydrogen) atoms. The predicted octanol–water partition coefficient (Wildman–Crippen LogP) is 1.62. The second-order valence-electron chi connectivity index (χ2n) is 4.57. The number of aromatic hydroxyl groups is 1. The van der Waals surface area contributed by atoms with E-state index in [2.05, 4.69) is 24.2 Å². The van der Waals surface area contributed by atoms with E-state index in [1.807, 2.05) is 12.1 Å². The van der Waals surface area contributed by atoms with Gasteiger partial charge in [-0.15, -0.1) is 0 Å². The lowest BCUT2D eigenvalue weighted by Gasteiger charge is -2.19. The Hall–Kier alpha value is -1.10. The van der Waals surface area contributed by atoms with Crippen molar-refractivity contribution in [3.8, 4) is 5.75 Å². The van der Waals surface area contributed by atoms with E-state index in [4.69, 9.17) is 4.74 Å². The molecule has 0 saturated heterocycles. The van der Waals surface area contributed by atoms with Gasteiger partial charge in [-0.2, -0.15) is 0 Å². The van der Waals surface area contributed by atoms with Crippen LogP contribution < -0.4 is 5.32 Å². The number of nitrogens with one attached hydrogen (secondary N) is 1. The molecule has 0 aliphatic rings. The number of benzene rings is 1. The highest BCUT2D eigenvalue weighted by Gasteiger charge is 2.05. The first-order chi connectivity index (χ1) is 8.63. The zero-order valence-corrected chi connectivity index (χ0v) is 11.5. The Morgan fingerprint density at radius 1 is 1.39 bits per heavy atom. The average molecular weight is 252 g/mol. The Labute approximate surface area is 110 Å². The summed E-state index contributed by atoms with van der Waals surface area (Å²) in [6.07, 6.45) is 0. The summed E-state index contributed by atoms with van der Waals surface area (Å²) in [5, 5.41) is 12.9. The molecule has 1 atom stereocenters. The molecule has 4 nitrogen and oxygen atoms in total. The average Bonchev–Trinajstić information content (AvgIpc) is 2.36. The highest BCUT2D eigenvalue weighted by atomic mass is 16.5. The monoisotopic (exact) mass is 252 g/mol. The fourth-order valence-electron chi connectivity index (χ4n) is 1.74. The number of nitrogens with zero attached hydrogens (tertiary/aromatic N) is 1. The molecule has 0 radical (unpaired) electrons. The molecule has 0 saturated carbocycles. The van der Waals surface area contributed by atoms with Crippen LogP contribution in [0.15, 0.2) is 24.3 Å². The number of hydrogen-bond donors (Lipinski definition) is 2. The first-order valence-electron chi connectivity index (χ1n) is 6.33. The smallest absolute Gasteiger partial charge is 0.115 e. The van der Waals surface area contributed by atoms with Gasteiger partial charge in [0.1, 0.15) is 5.75 Å². The van der Waals surface area contributed by atoms with Gasteiger partial charge < -0.3 is 20.1 Å². The van der Waals surface area contributed by atoms with Gasteiger partial charge in [-0.3, -0.25) is 0 Å². The van der Waals surface area contributed by atoms with Gasteiger partial charge in [-0.1, -0.05) is 12.1 Å². The van der Waals surface area contributed by atoms with Gasteiger partial charge in [0.15, 0.2) is 0 Å². The van der Waals surface area contributed by atoms with Crippen LogP contribution in [0.4, 0.5) is 0 Å². The van der Waals surface area contributed by atoms with E-state index in [0.717, 1.165) is 31.8 Å². The maximum Gasteiger partial charge on any atom is 0.115 e. The quantitative estimate of drug-likeness (QED) is 0.738. The first-order valence-corrected chi connectivity index (χ1v) is 6.33. The van der Waals surface area contributed by atoms with Gasteiger partial charge in [0.2, 0.25) is 0 Å². The van der Waals surface area contributed by atoms with E-state index in [-0.39, 0.29) is 6.04 Å². The molecular weight excluding hydrogens is 228 g/mol. The number of phenolic OH excluding ortho intramolecular Hbond substituents is 1. The van der Waals surface area contributed by atoms with Crippen molar-refractivity contribution in [3.63, 3.8) is 0 Å². The fourth-order valence-corrected chi connectivity index (χ4v) is 1.74. The predicted molar refractivity (Wildman–Crippen MR) is 73.9 cm³/mol. The second-order valence-corrected chi connectivity index (χ2v) is 4.57. The molecular formula is C14H24N2O2. The summed E-state index contributed by atoms with van der Waals surface area (Å²) in [6, 6.07) is 7.62. The maximum atomic E-state index is 9.42. The van der Waals surface area contributed by atoms with Crippen molar-refractivity contribution in [2.45, 2.75) is 13.0 Å². The summed E-state index contributed by atoms with van der Waals surface area (Å²) < 4.78 is 5.03. The second kappa shape index (κ2) is 8.08. The number of phenols is 1. The van der Waals surface area contributed by atoms with Crippen LogP contribution in [0.5, 0.6) is 5.75 Å².